The Kier molecular flexibility index (Phi) is 24.2. The highest BCUT2D eigenvalue weighted by atomic mass is 16.6. The Morgan fingerprint density at radius 2 is 1.22 bits per heavy atom. The fraction of sp³-hybridized carbons (Fsp3) is 0.415. The van der Waals surface area contributed by atoms with Gasteiger partial charge in [-0.3, -0.25) is 53.3 Å². The standard InChI is InChI=1S/C53H65N15O17/c1-30(2)22-38(52(78)67-16-9-14-40(67)51(77)57-34(24-32-12-7-4-8-13-32)47(73)56-33(23-31-10-5-3-6-11-31)48(74)58-39(53(79)80)28-45(70)71)55-44(69)29-85-21-20-84-19-18-83-17-15-54-46(72)35-25-41(64-61-35)59-49(75)36-26-42(65-62-36)60-50(76)37-27-43(66-63-37)68(81)82/h3-8,10-13,25-27,30,33-34,38-40H,9,14-24,28-29H2,1-2H3,(H,54,72)(H,55,69)(H,56,73)(H,57,77)(H,58,74)(H,63,66)(H,70,71)(H,79,80)(H2,59,61,64,75)(H2,60,62,65,76)/t33-,34-,38-,39-,40-/m0/s1. The van der Waals surface area contributed by atoms with E-state index in [2.05, 4.69) is 67.8 Å². The molecule has 0 aliphatic carbocycles. The molecule has 4 heterocycles. The van der Waals surface area contributed by atoms with Crippen molar-refractivity contribution < 1.29 is 77.3 Å². The molecule has 5 aromatic rings. The number of ether oxygens (including phenoxy) is 3. The molecule has 0 saturated carbocycles. The SMILES string of the molecule is CC(C)C[C@H](NC(=O)COCCOCCOCCNC(=O)c1cc(NC(=O)c2cc(NC(=O)c3cc([N+](=O)[O-])[nH]n3)n[nH]2)n[nH]1)C(=O)N1CCC[C@H]1C(=O)N[C@@H](Cc1ccccc1)C(=O)N[C@@H](Cc1ccccc1)C(=O)N[C@@H](CC(=O)O)C(=O)O. The molecule has 5 atom stereocenters. The van der Waals surface area contributed by atoms with Gasteiger partial charge < -0.3 is 76.7 Å². The van der Waals surface area contributed by atoms with Crippen molar-refractivity contribution in [3.63, 3.8) is 0 Å². The van der Waals surface area contributed by atoms with Crippen LogP contribution in [0.15, 0.2) is 78.9 Å². The van der Waals surface area contributed by atoms with Crippen molar-refractivity contribution in [3.8, 4) is 0 Å². The van der Waals surface area contributed by atoms with Crippen LogP contribution in [0.25, 0.3) is 0 Å². The topological polar surface area (TPSA) is 455 Å². The van der Waals surface area contributed by atoms with Crippen LogP contribution >= 0.6 is 0 Å². The highest BCUT2D eigenvalue weighted by Gasteiger charge is 2.40. The Hall–Kier alpha value is -9.95. The van der Waals surface area contributed by atoms with Crippen molar-refractivity contribution in [1.82, 2.24) is 62.1 Å². The lowest BCUT2D eigenvalue weighted by Gasteiger charge is -2.31. The van der Waals surface area contributed by atoms with Crippen LogP contribution in [0.5, 0.6) is 0 Å². The molecule has 1 saturated heterocycles. The largest absolute Gasteiger partial charge is 0.481 e. The number of aromatic nitrogens is 6. The van der Waals surface area contributed by atoms with Gasteiger partial charge in [0, 0.05) is 38.1 Å². The minimum Gasteiger partial charge on any atom is -0.481 e. The van der Waals surface area contributed by atoms with Gasteiger partial charge in [0.05, 0.1) is 45.5 Å². The average Bonchev–Trinajstić information content (AvgIpc) is 4.49. The molecule has 2 aromatic carbocycles. The van der Waals surface area contributed by atoms with E-state index >= 15 is 0 Å². The van der Waals surface area contributed by atoms with Crippen LogP contribution in [0.2, 0.25) is 0 Å². The summed E-state index contributed by atoms with van der Waals surface area (Å²) >= 11 is 0. The molecular formula is C53H65N15O17. The number of aliphatic carboxylic acids is 2. The number of carbonyl (C=O) groups excluding carboxylic acids is 8. The molecule has 0 radical (unpaired) electrons. The summed E-state index contributed by atoms with van der Waals surface area (Å²) in [4.78, 5) is 142. The number of carboxylic acid groups (broad SMARTS) is 2. The Balaban J connectivity index is 0.901. The summed E-state index contributed by atoms with van der Waals surface area (Å²) in [5.41, 5.74) is 0.879. The molecule has 85 heavy (non-hydrogen) atoms. The van der Waals surface area contributed by atoms with Gasteiger partial charge in [0.1, 0.15) is 48.2 Å². The van der Waals surface area contributed by atoms with E-state index in [0.717, 1.165) is 6.07 Å². The Morgan fingerprint density at radius 1 is 0.671 bits per heavy atom. The molecule has 32 nitrogen and oxygen atoms in total. The number of H-pyrrole nitrogens is 3. The number of rotatable bonds is 34. The Labute approximate surface area is 483 Å². The zero-order chi connectivity index (χ0) is 61.4. The molecule has 6 rings (SSSR count). The van der Waals surface area contributed by atoms with E-state index < -0.39 is 113 Å². The third-order valence-corrected chi connectivity index (χ3v) is 12.6. The fourth-order valence-electron chi connectivity index (χ4n) is 8.56. The number of nitrogens with zero attached hydrogens (tertiary/aromatic N) is 5. The zero-order valence-corrected chi connectivity index (χ0v) is 46.1. The van der Waals surface area contributed by atoms with Crippen LogP contribution in [-0.4, -0.2) is 193 Å². The highest BCUT2D eigenvalue weighted by Crippen LogP contribution is 2.22. The van der Waals surface area contributed by atoms with E-state index in [-0.39, 0.29) is 106 Å². The second-order valence-corrected chi connectivity index (χ2v) is 19.6. The maximum absolute atomic E-state index is 14.2. The number of hydrogen-bond acceptors (Lipinski definition) is 18. The Morgan fingerprint density at radius 3 is 1.79 bits per heavy atom. The first-order chi connectivity index (χ1) is 40.7. The van der Waals surface area contributed by atoms with Crippen molar-refractivity contribution >= 4 is 76.6 Å². The molecule has 0 bridgehead atoms. The van der Waals surface area contributed by atoms with Crippen LogP contribution in [0.3, 0.4) is 0 Å². The third-order valence-electron chi connectivity index (χ3n) is 12.6. The predicted molar refractivity (Wildman–Crippen MR) is 295 cm³/mol. The minimum absolute atomic E-state index is 0.00614. The van der Waals surface area contributed by atoms with Gasteiger partial charge in [0.15, 0.2) is 17.3 Å². The number of aromatic amines is 3. The number of anilines is 2. The molecule has 8 amide bonds. The maximum Gasteiger partial charge on any atom is 0.343 e. The van der Waals surface area contributed by atoms with Gasteiger partial charge in [0.2, 0.25) is 29.5 Å². The lowest BCUT2D eigenvalue weighted by atomic mass is 10.0. The number of benzene rings is 2. The molecule has 1 aliphatic rings. The number of amides is 8. The van der Waals surface area contributed by atoms with Crippen LogP contribution in [0.1, 0.15) is 82.1 Å². The van der Waals surface area contributed by atoms with Crippen molar-refractivity contribution in [3.05, 3.63) is 117 Å². The summed E-state index contributed by atoms with van der Waals surface area (Å²) in [6, 6.07) is 14.0. The summed E-state index contributed by atoms with van der Waals surface area (Å²) in [5, 5.41) is 65.8. The maximum atomic E-state index is 14.2. The molecule has 3 aromatic heterocycles. The predicted octanol–water partition coefficient (Wildman–Crippen LogP) is 0.0693. The summed E-state index contributed by atoms with van der Waals surface area (Å²) < 4.78 is 16.5. The van der Waals surface area contributed by atoms with Gasteiger partial charge in [-0.05, 0) is 41.2 Å². The second-order valence-electron chi connectivity index (χ2n) is 19.6. The van der Waals surface area contributed by atoms with Gasteiger partial charge >= 0.3 is 17.8 Å². The van der Waals surface area contributed by atoms with Crippen molar-refractivity contribution in [2.24, 2.45) is 5.92 Å². The average molecular weight is 1180 g/mol. The normalized spacial score (nSPS) is 14.2. The zero-order valence-electron chi connectivity index (χ0n) is 46.1. The number of nitrogens with one attached hydrogen (secondary N) is 10. The fourth-order valence-corrected chi connectivity index (χ4v) is 8.56. The second kappa shape index (κ2) is 32.0. The number of likely N-dealkylation sites (tertiary alicyclic amines) is 1. The minimum atomic E-state index is -1.80. The van der Waals surface area contributed by atoms with Gasteiger partial charge in [-0.25, -0.2) is 4.79 Å². The number of carboxylic acids is 2. The molecule has 454 valence electrons. The van der Waals surface area contributed by atoms with Crippen molar-refractivity contribution in [2.45, 2.75) is 82.6 Å². The van der Waals surface area contributed by atoms with Crippen molar-refractivity contribution in [1.29, 1.82) is 0 Å². The number of hydrogen-bond donors (Lipinski definition) is 12. The van der Waals surface area contributed by atoms with E-state index in [1.165, 1.54) is 17.0 Å². The molecule has 12 N–H and O–H groups in total. The van der Waals surface area contributed by atoms with Gasteiger partial charge in [-0.15, -0.1) is 5.10 Å². The Bertz CT molecular complexity index is 3130. The van der Waals surface area contributed by atoms with E-state index in [1.807, 2.05) is 13.8 Å². The highest BCUT2D eigenvalue weighted by molar-refractivity contribution is 6.06. The van der Waals surface area contributed by atoms with Crippen LogP contribution < -0.4 is 37.2 Å². The first-order valence-corrected chi connectivity index (χ1v) is 26.7. The lowest BCUT2D eigenvalue weighted by Crippen LogP contribution is -2.59. The quantitative estimate of drug-likeness (QED) is 0.0147. The smallest absolute Gasteiger partial charge is 0.343 e. The number of carbonyl (C=O) groups is 10. The lowest BCUT2D eigenvalue weighted by molar-refractivity contribution is -0.389. The monoisotopic (exact) mass is 1180 g/mol. The molecule has 0 spiro atoms. The van der Waals surface area contributed by atoms with E-state index in [0.29, 0.717) is 17.5 Å². The first-order valence-electron chi connectivity index (χ1n) is 26.7. The summed E-state index contributed by atoms with van der Waals surface area (Å²) in [7, 11) is 0. The van der Waals surface area contributed by atoms with Crippen LogP contribution in [0, 0.1) is 16.0 Å². The van der Waals surface area contributed by atoms with Crippen molar-refractivity contribution in [2.75, 3.05) is 63.4 Å². The first kappa shape index (κ1) is 64.2. The van der Waals surface area contributed by atoms with Gasteiger partial charge in [-0.1, -0.05) is 79.6 Å². The number of nitro groups is 1. The summed E-state index contributed by atoms with van der Waals surface area (Å²) in [5.74, 6) is -9.33. The van der Waals surface area contributed by atoms with E-state index in [9.17, 15) is 68.3 Å². The van der Waals surface area contributed by atoms with Crippen LogP contribution in [-0.2, 0) is 60.6 Å². The molecule has 1 aliphatic heterocycles. The van der Waals surface area contributed by atoms with E-state index in [4.69, 9.17) is 14.2 Å². The van der Waals surface area contributed by atoms with E-state index in [1.54, 1.807) is 60.7 Å². The van der Waals surface area contributed by atoms with Gasteiger partial charge in [-0.2, -0.15) is 10.2 Å². The molecule has 0 unspecified atom stereocenters. The summed E-state index contributed by atoms with van der Waals surface area (Å²) in [6.45, 7) is 4.11. The van der Waals surface area contributed by atoms with Gasteiger partial charge in [0.25, 0.3) is 17.7 Å². The van der Waals surface area contributed by atoms with Crippen LogP contribution in [0.4, 0.5) is 17.5 Å². The molecular weight excluding hydrogens is 1120 g/mol. The molecule has 1 fully saturated rings. The summed E-state index contributed by atoms with van der Waals surface area (Å²) in [6.07, 6.45) is -0.194. The molecule has 32 heteroatoms. The third kappa shape index (κ3) is 20.5.